The molecular weight excluding hydrogens is 297 g/mol. The molecule has 2 N–H and O–H groups in total. The van der Waals surface area contributed by atoms with Crippen molar-refractivity contribution in [3.8, 4) is 0 Å². The second-order valence-corrected chi connectivity index (χ2v) is 5.41. The minimum atomic E-state index is -4.60. The monoisotopic (exact) mass is 312 g/mol. The molecule has 4 nitrogen and oxygen atoms in total. The summed E-state index contributed by atoms with van der Waals surface area (Å²) in [7, 11) is 0. The molecule has 0 spiro atoms. The third-order valence-corrected chi connectivity index (χ3v) is 3.91. The van der Waals surface area contributed by atoms with Crippen molar-refractivity contribution in [3.05, 3.63) is 30.0 Å². The molecule has 1 aromatic heterocycles. The van der Waals surface area contributed by atoms with Crippen LogP contribution >= 0.6 is 0 Å². The van der Waals surface area contributed by atoms with Crippen molar-refractivity contribution in [2.24, 2.45) is 5.92 Å². The molecule has 0 unspecified atom stereocenters. The van der Waals surface area contributed by atoms with E-state index in [0.717, 1.165) is 10.6 Å². The van der Waals surface area contributed by atoms with Gasteiger partial charge in [0.1, 0.15) is 5.69 Å². The van der Waals surface area contributed by atoms with Crippen LogP contribution in [0.1, 0.15) is 23.3 Å². The minimum absolute atomic E-state index is 0.234. The van der Waals surface area contributed by atoms with E-state index in [2.05, 4.69) is 0 Å². The molecule has 1 aliphatic rings. The molecule has 22 heavy (non-hydrogen) atoms. The van der Waals surface area contributed by atoms with Crippen LogP contribution in [-0.4, -0.2) is 23.7 Å². The SMILES string of the molecule is Nc1ccc2c(c1)cc(C(F)(F)F)n2C(=O)C1CCOCC1. The fraction of sp³-hybridized carbons (Fsp3) is 0.400. The van der Waals surface area contributed by atoms with E-state index in [0.29, 0.717) is 37.1 Å². The largest absolute Gasteiger partial charge is 0.431 e. The Hall–Kier alpha value is -2.02. The van der Waals surface area contributed by atoms with E-state index < -0.39 is 23.7 Å². The van der Waals surface area contributed by atoms with Crippen molar-refractivity contribution in [1.82, 2.24) is 4.57 Å². The predicted molar refractivity (Wildman–Crippen MR) is 75.5 cm³/mol. The van der Waals surface area contributed by atoms with Crippen molar-refractivity contribution < 1.29 is 22.7 Å². The van der Waals surface area contributed by atoms with Gasteiger partial charge < -0.3 is 10.5 Å². The van der Waals surface area contributed by atoms with Gasteiger partial charge >= 0.3 is 6.18 Å². The molecule has 0 aliphatic carbocycles. The quantitative estimate of drug-likeness (QED) is 0.822. The number of hydrogen-bond acceptors (Lipinski definition) is 3. The summed E-state index contributed by atoms with van der Waals surface area (Å²) in [5.41, 5.74) is 5.26. The first kappa shape index (κ1) is 14.9. The molecule has 118 valence electrons. The lowest BCUT2D eigenvalue weighted by Gasteiger charge is -2.23. The number of nitrogens with two attached hydrogens (primary N) is 1. The second-order valence-electron chi connectivity index (χ2n) is 5.41. The first-order chi connectivity index (χ1) is 10.4. The molecule has 1 aliphatic heterocycles. The summed E-state index contributed by atoms with van der Waals surface area (Å²) in [6.45, 7) is 0.786. The Morgan fingerprint density at radius 3 is 2.55 bits per heavy atom. The number of rotatable bonds is 1. The van der Waals surface area contributed by atoms with Crippen LogP contribution < -0.4 is 5.73 Å². The number of hydrogen-bond donors (Lipinski definition) is 1. The van der Waals surface area contributed by atoms with Gasteiger partial charge in [0, 0.05) is 30.2 Å². The highest BCUT2D eigenvalue weighted by Crippen LogP contribution is 2.36. The number of carbonyl (C=O) groups is 1. The van der Waals surface area contributed by atoms with Crippen molar-refractivity contribution >= 4 is 22.5 Å². The third-order valence-electron chi connectivity index (χ3n) is 3.91. The van der Waals surface area contributed by atoms with E-state index in [-0.39, 0.29) is 5.52 Å². The van der Waals surface area contributed by atoms with Crippen molar-refractivity contribution in [2.75, 3.05) is 18.9 Å². The van der Waals surface area contributed by atoms with E-state index in [1.165, 1.54) is 18.2 Å². The van der Waals surface area contributed by atoms with Gasteiger partial charge in [-0.25, -0.2) is 0 Å². The van der Waals surface area contributed by atoms with Crippen LogP contribution in [0.3, 0.4) is 0 Å². The summed E-state index contributed by atoms with van der Waals surface area (Å²) in [5, 5.41) is 0.313. The number of benzene rings is 1. The molecule has 1 aromatic carbocycles. The molecule has 3 rings (SSSR count). The maximum Gasteiger partial charge on any atom is 0.431 e. The number of nitrogens with zero attached hydrogens (tertiary/aromatic N) is 1. The van der Waals surface area contributed by atoms with Gasteiger partial charge in [0.2, 0.25) is 5.91 Å². The van der Waals surface area contributed by atoms with Gasteiger partial charge in [-0.15, -0.1) is 0 Å². The Balaban J connectivity index is 2.15. The fourth-order valence-electron chi connectivity index (χ4n) is 2.81. The topological polar surface area (TPSA) is 57.2 Å². The number of alkyl halides is 3. The summed E-state index contributed by atoms with van der Waals surface area (Å²) in [6.07, 6.45) is -3.73. The van der Waals surface area contributed by atoms with Crippen molar-refractivity contribution in [1.29, 1.82) is 0 Å². The molecular formula is C15H15F3N2O2. The first-order valence-corrected chi connectivity index (χ1v) is 6.98. The summed E-state index contributed by atoms with van der Waals surface area (Å²) < 4.78 is 45.8. The highest BCUT2D eigenvalue weighted by Gasteiger charge is 2.38. The van der Waals surface area contributed by atoms with Crippen LogP contribution in [0.15, 0.2) is 24.3 Å². The fourth-order valence-corrected chi connectivity index (χ4v) is 2.81. The molecule has 2 heterocycles. The van der Waals surface area contributed by atoms with E-state index in [9.17, 15) is 18.0 Å². The average Bonchev–Trinajstić information content (AvgIpc) is 2.86. The van der Waals surface area contributed by atoms with Gasteiger partial charge in [0.15, 0.2) is 0 Å². The third kappa shape index (κ3) is 2.56. The van der Waals surface area contributed by atoms with Crippen LogP contribution in [0.2, 0.25) is 0 Å². The normalized spacial score (nSPS) is 17.0. The summed E-state index contributed by atoms with van der Waals surface area (Å²) in [4.78, 5) is 12.6. The molecule has 7 heteroatoms. The molecule has 1 fully saturated rings. The van der Waals surface area contributed by atoms with Gasteiger partial charge in [-0.1, -0.05) is 0 Å². The molecule has 0 atom stereocenters. The van der Waals surface area contributed by atoms with Crippen LogP contribution in [0.5, 0.6) is 0 Å². The Morgan fingerprint density at radius 2 is 1.91 bits per heavy atom. The molecule has 0 bridgehead atoms. The van der Waals surface area contributed by atoms with Crippen molar-refractivity contribution in [2.45, 2.75) is 19.0 Å². The van der Waals surface area contributed by atoms with E-state index in [4.69, 9.17) is 10.5 Å². The van der Waals surface area contributed by atoms with Crippen LogP contribution in [0.4, 0.5) is 18.9 Å². The number of anilines is 1. The highest BCUT2D eigenvalue weighted by atomic mass is 19.4. The van der Waals surface area contributed by atoms with Crippen molar-refractivity contribution in [3.63, 3.8) is 0 Å². The zero-order valence-corrected chi connectivity index (χ0v) is 11.7. The zero-order chi connectivity index (χ0) is 15.9. The Morgan fingerprint density at radius 1 is 1.23 bits per heavy atom. The van der Waals surface area contributed by atoms with E-state index >= 15 is 0 Å². The number of ether oxygens (including phenoxy) is 1. The molecule has 2 aromatic rings. The number of nitrogen functional groups attached to an aromatic ring is 1. The molecule has 1 saturated heterocycles. The van der Waals surface area contributed by atoms with E-state index in [1.807, 2.05) is 0 Å². The summed E-state index contributed by atoms with van der Waals surface area (Å²) in [6, 6.07) is 5.37. The number of fused-ring (bicyclic) bond motifs is 1. The van der Waals surface area contributed by atoms with Crippen LogP contribution in [0, 0.1) is 5.92 Å². The van der Waals surface area contributed by atoms with Crippen LogP contribution in [-0.2, 0) is 10.9 Å². The Labute approximate surface area is 124 Å². The van der Waals surface area contributed by atoms with Crippen LogP contribution in [0.25, 0.3) is 10.9 Å². The smallest absolute Gasteiger partial charge is 0.399 e. The average molecular weight is 312 g/mol. The lowest BCUT2D eigenvalue weighted by atomic mass is 9.99. The van der Waals surface area contributed by atoms with Gasteiger partial charge in [-0.05, 0) is 37.1 Å². The minimum Gasteiger partial charge on any atom is -0.399 e. The maximum absolute atomic E-state index is 13.3. The molecule has 0 amide bonds. The number of aromatic nitrogens is 1. The maximum atomic E-state index is 13.3. The summed E-state index contributed by atoms with van der Waals surface area (Å²) >= 11 is 0. The lowest BCUT2D eigenvalue weighted by Crippen LogP contribution is -2.30. The van der Waals surface area contributed by atoms with Gasteiger partial charge in [0.25, 0.3) is 0 Å². The lowest BCUT2D eigenvalue weighted by molar-refractivity contribution is -0.142. The molecule has 0 radical (unpaired) electrons. The second kappa shape index (κ2) is 5.31. The van der Waals surface area contributed by atoms with Gasteiger partial charge in [-0.2, -0.15) is 13.2 Å². The highest BCUT2D eigenvalue weighted by molar-refractivity contribution is 5.96. The number of carbonyl (C=O) groups excluding carboxylic acids is 1. The Kier molecular flexibility index (Phi) is 3.60. The standard InChI is InChI=1S/C15H15F3N2O2/c16-15(17,18)13-8-10-7-11(19)1-2-12(10)20(13)14(21)9-3-5-22-6-4-9/h1-2,7-9H,3-6,19H2. The Bertz CT molecular complexity index is 715. The predicted octanol–water partition coefficient (Wildman–Crippen LogP) is 3.31. The van der Waals surface area contributed by atoms with Gasteiger partial charge in [-0.3, -0.25) is 9.36 Å². The first-order valence-electron chi connectivity index (χ1n) is 6.98. The molecule has 0 saturated carbocycles. The van der Waals surface area contributed by atoms with Gasteiger partial charge in [0.05, 0.1) is 5.52 Å². The van der Waals surface area contributed by atoms with E-state index in [1.54, 1.807) is 0 Å². The number of halogens is 3. The zero-order valence-electron chi connectivity index (χ0n) is 11.7. The summed E-state index contributed by atoms with van der Waals surface area (Å²) in [5.74, 6) is -0.988.